The first-order valence-corrected chi connectivity index (χ1v) is 9.24. The topological polar surface area (TPSA) is 83.1 Å². The van der Waals surface area contributed by atoms with Gasteiger partial charge in [-0.1, -0.05) is 12.1 Å². The number of methoxy groups -OCH3 is 3. The highest BCUT2D eigenvalue weighted by atomic mass is 16.5. The molecular formula is C22H27NO6. The lowest BCUT2D eigenvalue weighted by atomic mass is 10.0. The molecule has 1 N–H and O–H groups in total. The molecule has 7 heteroatoms. The smallest absolute Gasteiger partial charge is 0.308 e. The average Bonchev–Trinajstić information content (AvgIpc) is 2.72. The van der Waals surface area contributed by atoms with Crippen LogP contribution in [-0.4, -0.2) is 39.3 Å². The van der Waals surface area contributed by atoms with E-state index < -0.39 is 12.0 Å². The number of hydrogen-bond donors (Lipinski definition) is 1. The Morgan fingerprint density at radius 3 is 2.07 bits per heavy atom. The molecule has 0 spiro atoms. The molecule has 156 valence electrons. The molecule has 0 heterocycles. The number of carbonyl (C=O) groups excluding carboxylic acids is 2. The lowest BCUT2D eigenvalue weighted by molar-refractivity contribution is -0.147. The first-order valence-electron chi connectivity index (χ1n) is 9.24. The highest BCUT2D eigenvalue weighted by Crippen LogP contribution is 2.27. The largest absolute Gasteiger partial charge is 0.497 e. The van der Waals surface area contributed by atoms with Crippen molar-refractivity contribution in [3.63, 3.8) is 0 Å². The number of carbonyl (C=O) groups is 2. The predicted octanol–water partition coefficient (Wildman–Crippen LogP) is 3.53. The van der Waals surface area contributed by atoms with E-state index in [4.69, 9.17) is 18.9 Å². The van der Waals surface area contributed by atoms with E-state index in [0.29, 0.717) is 22.8 Å². The van der Waals surface area contributed by atoms with Gasteiger partial charge >= 0.3 is 5.97 Å². The molecule has 0 aromatic heterocycles. The second-order valence-electron chi connectivity index (χ2n) is 6.61. The van der Waals surface area contributed by atoms with Crippen LogP contribution in [0.15, 0.2) is 42.5 Å². The summed E-state index contributed by atoms with van der Waals surface area (Å²) in [5, 5.41) is 2.90. The number of hydrogen-bond acceptors (Lipinski definition) is 6. The molecule has 0 radical (unpaired) electrons. The van der Waals surface area contributed by atoms with Gasteiger partial charge in [0.1, 0.15) is 17.2 Å². The van der Waals surface area contributed by atoms with E-state index in [2.05, 4.69) is 5.32 Å². The summed E-state index contributed by atoms with van der Waals surface area (Å²) in [5.41, 5.74) is 1.09. The lowest BCUT2D eigenvalue weighted by Gasteiger charge is -2.20. The molecule has 0 unspecified atom stereocenters. The van der Waals surface area contributed by atoms with Gasteiger partial charge in [0.15, 0.2) is 0 Å². The summed E-state index contributed by atoms with van der Waals surface area (Å²) in [4.78, 5) is 25.2. The van der Waals surface area contributed by atoms with Gasteiger partial charge in [0.25, 0.3) is 5.91 Å². The summed E-state index contributed by atoms with van der Waals surface area (Å²) in [6.07, 6.45) is -0.245. The second kappa shape index (κ2) is 10.4. The van der Waals surface area contributed by atoms with Crippen LogP contribution in [0.4, 0.5) is 0 Å². The van der Waals surface area contributed by atoms with Gasteiger partial charge in [0, 0.05) is 6.07 Å². The van der Waals surface area contributed by atoms with E-state index in [1.165, 1.54) is 14.2 Å². The highest BCUT2D eigenvalue weighted by Gasteiger charge is 2.23. The summed E-state index contributed by atoms with van der Waals surface area (Å²) in [6.45, 7) is 3.56. The molecular weight excluding hydrogens is 374 g/mol. The number of benzene rings is 2. The quantitative estimate of drug-likeness (QED) is 0.648. The van der Waals surface area contributed by atoms with Gasteiger partial charge in [-0.3, -0.25) is 9.59 Å². The van der Waals surface area contributed by atoms with Crippen molar-refractivity contribution >= 4 is 11.9 Å². The fraction of sp³-hybridized carbons (Fsp3) is 0.364. The summed E-state index contributed by atoms with van der Waals surface area (Å²) in [6, 6.07) is 11.5. The Bertz CT molecular complexity index is 832. The van der Waals surface area contributed by atoms with Crippen LogP contribution < -0.4 is 19.5 Å². The van der Waals surface area contributed by atoms with Crippen LogP contribution in [0.1, 0.15) is 42.2 Å². The van der Waals surface area contributed by atoms with E-state index >= 15 is 0 Å². The Morgan fingerprint density at radius 2 is 1.52 bits per heavy atom. The third-order valence-electron chi connectivity index (χ3n) is 4.21. The fourth-order valence-corrected chi connectivity index (χ4v) is 2.79. The van der Waals surface area contributed by atoms with Gasteiger partial charge in [-0.2, -0.15) is 0 Å². The van der Waals surface area contributed by atoms with E-state index in [9.17, 15) is 9.59 Å². The molecule has 0 fully saturated rings. The van der Waals surface area contributed by atoms with Crippen molar-refractivity contribution < 1.29 is 28.5 Å². The molecule has 2 rings (SSSR count). The van der Waals surface area contributed by atoms with Crippen molar-refractivity contribution in [2.75, 3.05) is 21.3 Å². The number of nitrogens with one attached hydrogen (secondary N) is 1. The second-order valence-corrected chi connectivity index (χ2v) is 6.61. The molecule has 0 saturated carbocycles. The molecule has 0 aliphatic rings. The Kier molecular flexibility index (Phi) is 7.88. The van der Waals surface area contributed by atoms with Gasteiger partial charge in [-0.05, 0) is 43.7 Å². The molecule has 29 heavy (non-hydrogen) atoms. The van der Waals surface area contributed by atoms with Gasteiger partial charge in [0.05, 0.1) is 45.5 Å². The third kappa shape index (κ3) is 6.14. The molecule has 1 atom stereocenters. The summed E-state index contributed by atoms with van der Waals surface area (Å²) < 4.78 is 20.9. The molecule has 2 aromatic rings. The third-order valence-corrected chi connectivity index (χ3v) is 4.21. The molecule has 0 aliphatic carbocycles. The van der Waals surface area contributed by atoms with Crippen molar-refractivity contribution in [3.05, 3.63) is 53.6 Å². The zero-order valence-corrected chi connectivity index (χ0v) is 17.4. The minimum atomic E-state index is -0.577. The van der Waals surface area contributed by atoms with Gasteiger partial charge < -0.3 is 24.3 Å². The van der Waals surface area contributed by atoms with Crippen molar-refractivity contribution in [2.24, 2.45) is 0 Å². The Labute approximate surface area is 170 Å². The highest BCUT2D eigenvalue weighted by molar-refractivity contribution is 5.97. The normalized spacial score (nSPS) is 11.5. The van der Waals surface area contributed by atoms with Crippen molar-refractivity contribution in [2.45, 2.75) is 32.4 Å². The first-order chi connectivity index (χ1) is 13.9. The van der Waals surface area contributed by atoms with Gasteiger partial charge in [-0.25, -0.2) is 0 Å². The van der Waals surface area contributed by atoms with Crippen LogP contribution in [0.5, 0.6) is 17.2 Å². The Morgan fingerprint density at radius 1 is 0.897 bits per heavy atom. The zero-order valence-electron chi connectivity index (χ0n) is 17.4. The maximum absolute atomic E-state index is 12.9. The first kappa shape index (κ1) is 22.1. The fourth-order valence-electron chi connectivity index (χ4n) is 2.79. The SMILES string of the molecule is COc1ccc([C@@H](CC(=O)OC(C)C)NC(=O)c2ccc(OC)cc2OC)cc1. The van der Waals surface area contributed by atoms with Gasteiger partial charge in [0.2, 0.25) is 0 Å². The van der Waals surface area contributed by atoms with Crippen LogP contribution in [-0.2, 0) is 9.53 Å². The van der Waals surface area contributed by atoms with E-state index in [0.717, 1.165) is 5.56 Å². The number of esters is 1. The standard InChI is InChI=1S/C22H27NO6/c1-14(2)29-21(24)13-19(15-6-8-16(26-3)9-7-15)23-22(25)18-11-10-17(27-4)12-20(18)28-5/h6-12,14,19H,13H2,1-5H3,(H,23,25)/t19-/m1/s1. The van der Waals surface area contributed by atoms with Crippen LogP contribution >= 0.6 is 0 Å². The molecule has 1 amide bonds. The van der Waals surface area contributed by atoms with Crippen LogP contribution in [0.2, 0.25) is 0 Å². The minimum absolute atomic E-state index is 0.00524. The number of ether oxygens (including phenoxy) is 4. The molecule has 0 aliphatic heterocycles. The maximum Gasteiger partial charge on any atom is 0.308 e. The summed E-state index contributed by atoms with van der Waals surface area (Å²) in [5.74, 6) is 0.858. The minimum Gasteiger partial charge on any atom is -0.497 e. The van der Waals surface area contributed by atoms with Crippen molar-refractivity contribution in [1.29, 1.82) is 0 Å². The van der Waals surface area contributed by atoms with E-state index in [1.807, 2.05) is 0 Å². The monoisotopic (exact) mass is 401 g/mol. The number of amides is 1. The van der Waals surface area contributed by atoms with E-state index in [-0.39, 0.29) is 18.4 Å². The molecule has 0 bridgehead atoms. The average molecular weight is 401 g/mol. The maximum atomic E-state index is 12.9. The molecule has 2 aromatic carbocycles. The number of rotatable bonds is 9. The van der Waals surface area contributed by atoms with Crippen molar-refractivity contribution in [1.82, 2.24) is 5.32 Å². The Hall–Kier alpha value is -3.22. The summed E-state index contributed by atoms with van der Waals surface area (Å²) >= 11 is 0. The Balaban J connectivity index is 2.28. The van der Waals surface area contributed by atoms with Crippen molar-refractivity contribution in [3.8, 4) is 17.2 Å². The lowest BCUT2D eigenvalue weighted by Crippen LogP contribution is -2.31. The van der Waals surface area contributed by atoms with Gasteiger partial charge in [-0.15, -0.1) is 0 Å². The predicted molar refractivity (Wildman–Crippen MR) is 109 cm³/mol. The van der Waals surface area contributed by atoms with Crippen LogP contribution in [0, 0.1) is 0 Å². The molecule has 7 nitrogen and oxygen atoms in total. The molecule has 0 saturated heterocycles. The van der Waals surface area contributed by atoms with Crippen LogP contribution in [0.25, 0.3) is 0 Å². The zero-order chi connectivity index (χ0) is 21.4. The summed E-state index contributed by atoms with van der Waals surface area (Å²) in [7, 11) is 4.59. The van der Waals surface area contributed by atoms with E-state index in [1.54, 1.807) is 63.4 Å². The van der Waals surface area contributed by atoms with Crippen LogP contribution in [0.3, 0.4) is 0 Å².